The van der Waals surface area contributed by atoms with Gasteiger partial charge in [-0.3, -0.25) is 4.79 Å². The van der Waals surface area contributed by atoms with Crippen LogP contribution in [0.25, 0.3) is 0 Å². The monoisotopic (exact) mass is 418 g/mol. The third kappa shape index (κ3) is 4.86. The van der Waals surface area contributed by atoms with E-state index >= 15 is 0 Å². The molecule has 138 valence electrons. The van der Waals surface area contributed by atoms with Crippen LogP contribution in [0.5, 0.6) is 0 Å². The summed E-state index contributed by atoms with van der Waals surface area (Å²) in [6.45, 7) is 1.80. The number of nitrogens with one attached hydrogen (secondary N) is 3. The molecule has 1 aliphatic rings. The minimum absolute atomic E-state index is 0.333. The summed E-state index contributed by atoms with van der Waals surface area (Å²) in [6.07, 6.45) is 1.55. The Hall–Kier alpha value is -2.41. The molecule has 0 saturated carbocycles. The molecular formula is C19H16Cl2N4OS. The molecule has 1 aliphatic heterocycles. The van der Waals surface area contributed by atoms with Crippen LogP contribution < -0.4 is 16.1 Å². The first-order valence-corrected chi connectivity index (χ1v) is 9.23. The van der Waals surface area contributed by atoms with Crippen LogP contribution in [0.15, 0.2) is 64.9 Å². The van der Waals surface area contributed by atoms with Crippen molar-refractivity contribution in [2.24, 2.45) is 5.10 Å². The summed E-state index contributed by atoms with van der Waals surface area (Å²) in [7, 11) is 0. The normalized spacial score (nSPS) is 16.9. The summed E-state index contributed by atoms with van der Waals surface area (Å²) in [5.74, 6) is -0.333. The second kappa shape index (κ2) is 8.52. The first-order valence-electron chi connectivity index (χ1n) is 8.07. The third-order valence-electron chi connectivity index (χ3n) is 3.97. The average Bonchev–Trinajstić information content (AvgIpc) is 2.63. The standard InChI is InChI=1S/C19H16Cl2N4OS/c1-11-16(18(26)25-22-10-12-2-6-14(20)7-3-12)17(24-19(27)23-11)13-4-8-15(21)9-5-13/h2-10,17H,1H3,(H,25,26)(H2,23,24,27). The maximum Gasteiger partial charge on any atom is 0.271 e. The predicted octanol–water partition coefficient (Wildman–Crippen LogP) is 3.94. The highest BCUT2D eigenvalue weighted by Crippen LogP contribution is 2.27. The molecule has 1 heterocycles. The SMILES string of the molecule is CC1=C(C(=O)NN=Cc2ccc(Cl)cc2)C(c2ccc(Cl)cc2)NC(=S)N1. The van der Waals surface area contributed by atoms with Crippen molar-refractivity contribution in [3.8, 4) is 0 Å². The van der Waals surface area contributed by atoms with E-state index in [1.165, 1.54) is 0 Å². The van der Waals surface area contributed by atoms with Crippen LogP contribution in [-0.4, -0.2) is 17.2 Å². The molecule has 0 spiro atoms. The number of thiocarbonyl (C=S) groups is 1. The van der Waals surface area contributed by atoms with Crippen LogP contribution in [0.2, 0.25) is 10.0 Å². The van der Waals surface area contributed by atoms with Crippen LogP contribution >= 0.6 is 35.4 Å². The van der Waals surface area contributed by atoms with Crippen LogP contribution in [0.3, 0.4) is 0 Å². The summed E-state index contributed by atoms with van der Waals surface area (Å²) in [5, 5.41) is 11.8. The van der Waals surface area contributed by atoms with Crippen molar-refractivity contribution in [2.45, 2.75) is 13.0 Å². The molecule has 27 heavy (non-hydrogen) atoms. The third-order valence-corrected chi connectivity index (χ3v) is 4.69. The lowest BCUT2D eigenvalue weighted by atomic mass is 9.95. The molecule has 0 aliphatic carbocycles. The highest BCUT2D eigenvalue weighted by Gasteiger charge is 2.29. The molecule has 3 rings (SSSR count). The summed E-state index contributed by atoms with van der Waals surface area (Å²) in [6, 6.07) is 14.0. The van der Waals surface area contributed by atoms with Crippen LogP contribution in [0.1, 0.15) is 24.1 Å². The van der Waals surface area contributed by atoms with Crippen LogP contribution in [0.4, 0.5) is 0 Å². The van der Waals surface area contributed by atoms with Crippen molar-refractivity contribution in [1.82, 2.24) is 16.1 Å². The Morgan fingerprint density at radius 1 is 1.11 bits per heavy atom. The van der Waals surface area contributed by atoms with Gasteiger partial charge < -0.3 is 10.6 Å². The van der Waals surface area contributed by atoms with Crippen molar-refractivity contribution in [3.05, 3.63) is 81.0 Å². The number of carbonyl (C=O) groups excluding carboxylic acids is 1. The second-order valence-corrected chi connectivity index (χ2v) is 7.15. The quantitative estimate of drug-likeness (QED) is 0.399. The van der Waals surface area contributed by atoms with Gasteiger partial charge in [-0.2, -0.15) is 5.10 Å². The molecule has 0 bridgehead atoms. The fraction of sp³-hybridized carbons (Fsp3) is 0.105. The van der Waals surface area contributed by atoms with Crippen LogP contribution in [-0.2, 0) is 4.79 Å². The van der Waals surface area contributed by atoms with E-state index in [0.717, 1.165) is 11.1 Å². The van der Waals surface area contributed by atoms with Crippen molar-refractivity contribution in [2.75, 3.05) is 0 Å². The Morgan fingerprint density at radius 2 is 1.70 bits per heavy atom. The van der Waals surface area contributed by atoms with Gasteiger partial charge >= 0.3 is 0 Å². The van der Waals surface area contributed by atoms with Crippen LogP contribution in [0, 0.1) is 0 Å². The van der Waals surface area contributed by atoms with Gasteiger partial charge in [-0.05, 0) is 54.5 Å². The first kappa shape index (κ1) is 19.4. The number of amides is 1. The van der Waals surface area contributed by atoms with Gasteiger partial charge in [0, 0.05) is 15.7 Å². The Bertz CT molecular complexity index is 924. The Labute approximate surface area is 172 Å². The summed E-state index contributed by atoms with van der Waals surface area (Å²) < 4.78 is 0. The maximum atomic E-state index is 12.8. The number of allylic oxidation sites excluding steroid dienone is 1. The number of benzene rings is 2. The van der Waals surface area contributed by atoms with Crippen molar-refractivity contribution >= 4 is 52.7 Å². The molecule has 0 aromatic heterocycles. The molecule has 1 unspecified atom stereocenters. The molecular weight excluding hydrogens is 403 g/mol. The highest BCUT2D eigenvalue weighted by atomic mass is 35.5. The minimum atomic E-state index is -0.401. The zero-order chi connectivity index (χ0) is 19.4. The molecule has 5 nitrogen and oxygen atoms in total. The number of carbonyl (C=O) groups is 1. The second-order valence-electron chi connectivity index (χ2n) is 5.87. The zero-order valence-corrected chi connectivity index (χ0v) is 16.6. The van der Waals surface area contributed by atoms with E-state index in [1.54, 1.807) is 49.5 Å². The van der Waals surface area contributed by atoms with Gasteiger partial charge in [0.05, 0.1) is 17.8 Å². The molecule has 3 N–H and O–H groups in total. The number of rotatable bonds is 4. The van der Waals surface area contributed by atoms with Crippen molar-refractivity contribution < 1.29 is 4.79 Å². The van der Waals surface area contributed by atoms with E-state index in [9.17, 15) is 4.79 Å². The van der Waals surface area contributed by atoms with Gasteiger partial charge in [-0.25, -0.2) is 5.43 Å². The molecule has 2 aromatic rings. The van der Waals surface area contributed by atoms with Gasteiger partial charge in [-0.15, -0.1) is 0 Å². The average molecular weight is 419 g/mol. The highest BCUT2D eigenvalue weighted by molar-refractivity contribution is 7.80. The Kier molecular flexibility index (Phi) is 6.11. The number of hydrogen-bond acceptors (Lipinski definition) is 3. The lowest BCUT2D eigenvalue weighted by Gasteiger charge is -2.30. The Morgan fingerprint density at radius 3 is 2.33 bits per heavy atom. The minimum Gasteiger partial charge on any atom is -0.351 e. The van der Waals surface area contributed by atoms with Gasteiger partial charge in [0.1, 0.15) is 0 Å². The van der Waals surface area contributed by atoms with E-state index in [4.69, 9.17) is 35.4 Å². The number of halogens is 2. The lowest BCUT2D eigenvalue weighted by molar-refractivity contribution is -0.117. The number of hydrogen-bond donors (Lipinski definition) is 3. The molecule has 1 amide bonds. The molecule has 0 radical (unpaired) electrons. The number of nitrogens with zero attached hydrogens (tertiary/aromatic N) is 1. The van der Waals surface area contributed by atoms with Gasteiger partial charge in [-0.1, -0.05) is 47.5 Å². The smallest absolute Gasteiger partial charge is 0.271 e. The Balaban J connectivity index is 1.81. The van der Waals surface area contributed by atoms with Crippen molar-refractivity contribution in [1.29, 1.82) is 0 Å². The summed E-state index contributed by atoms with van der Waals surface area (Å²) >= 11 is 17.1. The molecule has 0 saturated heterocycles. The van der Waals surface area contributed by atoms with Crippen molar-refractivity contribution in [3.63, 3.8) is 0 Å². The fourth-order valence-corrected chi connectivity index (χ4v) is 3.20. The van der Waals surface area contributed by atoms with Gasteiger partial charge in [0.2, 0.25) is 0 Å². The molecule has 1 atom stereocenters. The summed E-state index contributed by atoms with van der Waals surface area (Å²) in [4.78, 5) is 12.8. The molecule has 2 aromatic carbocycles. The summed E-state index contributed by atoms with van der Waals surface area (Å²) in [5.41, 5.74) is 5.42. The lowest BCUT2D eigenvalue weighted by Crippen LogP contribution is -2.46. The van der Waals surface area contributed by atoms with E-state index in [1.807, 2.05) is 12.1 Å². The fourth-order valence-electron chi connectivity index (χ4n) is 2.67. The zero-order valence-electron chi connectivity index (χ0n) is 14.3. The van der Waals surface area contributed by atoms with E-state index in [2.05, 4.69) is 21.2 Å². The van der Waals surface area contributed by atoms with Gasteiger partial charge in [0.15, 0.2) is 5.11 Å². The molecule has 0 fully saturated rings. The predicted molar refractivity (Wildman–Crippen MR) is 113 cm³/mol. The van der Waals surface area contributed by atoms with E-state index < -0.39 is 6.04 Å². The first-order chi connectivity index (χ1) is 12.9. The van der Waals surface area contributed by atoms with Gasteiger partial charge in [0.25, 0.3) is 5.91 Å². The van der Waals surface area contributed by atoms with E-state index in [0.29, 0.717) is 26.4 Å². The van der Waals surface area contributed by atoms with E-state index in [-0.39, 0.29) is 5.91 Å². The topological polar surface area (TPSA) is 65.5 Å². The maximum absolute atomic E-state index is 12.8. The largest absolute Gasteiger partial charge is 0.351 e. The molecule has 8 heteroatoms. The number of hydrazone groups is 1.